The molecule has 7 heteroatoms. The summed E-state index contributed by atoms with van der Waals surface area (Å²) in [6, 6.07) is 2.02. The van der Waals surface area contributed by atoms with Gasteiger partial charge in [-0.2, -0.15) is 9.97 Å². The summed E-state index contributed by atoms with van der Waals surface area (Å²) in [5, 5.41) is 0. The van der Waals surface area contributed by atoms with E-state index in [1.54, 1.807) is 12.1 Å². The summed E-state index contributed by atoms with van der Waals surface area (Å²) in [6.45, 7) is 11.1. The number of aromatic nitrogens is 2. The molecular weight excluding hydrogens is 294 g/mol. The topological polar surface area (TPSA) is 76.7 Å². The van der Waals surface area contributed by atoms with Gasteiger partial charge in [0.25, 0.3) is 0 Å². The minimum atomic E-state index is 0.298. The van der Waals surface area contributed by atoms with Crippen LogP contribution in [0.25, 0.3) is 0 Å². The third kappa shape index (κ3) is 5.54. The van der Waals surface area contributed by atoms with Crippen molar-refractivity contribution in [2.45, 2.75) is 6.92 Å². The maximum atomic E-state index is 5.87. The number of nitrogens with two attached hydrogens (primary N) is 1. The van der Waals surface area contributed by atoms with Crippen LogP contribution in [0.15, 0.2) is 31.0 Å². The second kappa shape index (κ2) is 9.12. The maximum Gasteiger partial charge on any atom is 0.320 e. The van der Waals surface area contributed by atoms with Gasteiger partial charge in [0, 0.05) is 38.4 Å². The lowest BCUT2D eigenvalue weighted by molar-refractivity contribution is 0.0317. The van der Waals surface area contributed by atoms with Gasteiger partial charge in [-0.25, -0.2) is 0 Å². The van der Waals surface area contributed by atoms with E-state index in [1.165, 1.54) is 0 Å². The van der Waals surface area contributed by atoms with Gasteiger partial charge in [-0.15, -0.1) is 6.58 Å². The SMILES string of the molecule is C=CCN(/C=C\C)c1cc(N)nc(OCCN2CCOCC2)n1. The molecule has 0 saturated carbocycles. The molecule has 0 amide bonds. The number of morpholine rings is 1. The van der Waals surface area contributed by atoms with Crippen molar-refractivity contribution in [2.75, 3.05) is 56.6 Å². The summed E-state index contributed by atoms with van der Waals surface area (Å²) in [7, 11) is 0. The quantitative estimate of drug-likeness (QED) is 0.724. The fourth-order valence-electron chi connectivity index (χ4n) is 2.28. The predicted molar refractivity (Wildman–Crippen MR) is 91.6 cm³/mol. The van der Waals surface area contributed by atoms with E-state index >= 15 is 0 Å². The van der Waals surface area contributed by atoms with Gasteiger partial charge < -0.3 is 20.1 Å². The van der Waals surface area contributed by atoms with Crippen LogP contribution in [0.1, 0.15) is 6.92 Å². The van der Waals surface area contributed by atoms with Crippen molar-refractivity contribution in [1.82, 2.24) is 14.9 Å². The first-order chi connectivity index (χ1) is 11.2. The fourth-order valence-corrected chi connectivity index (χ4v) is 2.28. The van der Waals surface area contributed by atoms with Crippen molar-refractivity contribution >= 4 is 11.6 Å². The Morgan fingerprint density at radius 2 is 2.22 bits per heavy atom. The van der Waals surface area contributed by atoms with Crippen molar-refractivity contribution in [2.24, 2.45) is 0 Å². The minimum absolute atomic E-state index is 0.298. The van der Waals surface area contributed by atoms with Crippen LogP contribution in [-0.2, 0) is 4.74 Å². The molecule has 0 atom stereocenters. The number of anilines is 2. The average Bonchev–Trinajstić information content (AvgIpc) is 2.55. The van der Waals surface area contributed by atoms with Gasteiger partial charge >= 0.3 is 6.01 Å². The van der Waals surface area contributed by atoms with Gasteiger partial charge in [-0.3, -0.25) is 4.90 Å². The Bertz CT molecular complexity index is 529. The molecule has 0 radical (unpaired) electrons. The van der Waals surface area contributed by atoms with Crippen LogP contribution in [0.4, 0.5) is 11.6 Å². The summed E-state index contributed by atoms with van der Waals surface area (Å²) in [5.74, 6) is 1.08. The molecule has 7 nitrogen and oxygen atoms in total. The summed E-state index contributed by atoms with van der Waals surface area (Å²) in [6.07, 6.45) is 5.65. The molecule has 1 aliphatic heterocycles. The average molecular weight is 319 g/mol. The van der Waals surface area contributed by atoms with Crippen molar-refractivity contribution in [3.05, 3.63) is 31.0 Å². The molecule has 2 N–H and O–H groups in total. The largest absolute Gasteiger partial charge is 0.462 e. The highest BCUT2D eigenvalue weighted by molar-refractivity contribution is 5.50. The Morgan fingerprint density at radius 3 is 2.91 bits per heavy atom. The van der Waals surface area contributed by atoms with Crippen LogP contribution in [0.5, 0.6) is 6.01 Å². The Kier molecular flexibility index (Phi) is 6.83. The lowest BCUT2D eigenvalue weighted by Gasteiger charge is -2.26. The molecule has 0 spiro atoms. The van der Waals surface area contributed by atoms with Gasteiger partial charge in [-0.1, -0.05) is 12.2 Å². The van der Waals surface area contributed by atoms with Crippen molar-refractivity contribution in [1.29, 1.82) is 0 Å². The van der Waals surface area contributed by atoms with Gasteiger partial charge in [0.2, 0.25) is 0 Å². The zero-order valence-electron chi connectivity index (χ0n) is 13.6. The van der Waals surface area contributed by atoms with Crippen molar-refractivity contribution in [3.63, 3.8) is 0 Å². The maximum absolute atomic E-state index is 5.87. The molecule has 2 rings (SSSR count). The molecule has 1 aliphatic rings. The van der Waals surface area contributed by atoms with Crippen LogP contribution in [0.2, 0.25) is 0 Å². The molecule has 0 aromatic carbocycles. The predicted octanol–water partition coefficient (Wildman–Crippen LogP) is 1.30. The van der Waals surface area contributed by atoms with Crippen molar-refractivity contribution in [3.8, 4) is 6.01 Å². The molecule has 0 bridgehead atoms. The number of hydrogen-bond acceptors (Lipinski definition) is 7. The number of nitrogens with zero attached hydrogens (tertiary/aromatic N) is 4. The van der Waals surface area contributed by atoms with Crippen LogP contribution in [0, 0.1) is 0 Å². The third-order valence-electron chi connectivity index (χ3n) is 3.40. The van der Waals surface area contributed by atoms with Gasteiger partial charge in [0.1, 0.15) is 18.2 Å². The number of hydrogen-bond donors (Lipinski definition) is 1. The van der Waals surface area contributed by atoms with E-state index in [0.29, 0.717) is 30.8 Å². The number of allylic oxidation sites excluding steroid dienone is 1. The standard InChI is InChI=1S/C16H25N5O2/c1-3-5-21(6-4-2)15-13-14(17)18-16(19-15)23-12-9-20-7-10-22-11-8-20/h3-4,6,13H,1,5,7-12H2,2H3,(H2,17,18,19)/b6-4-. The van der Waals surface area contributed by atoms with E-state index in [1.807, 2.05) is 24.1 Å². The normalized spacial score (nSPS) is 15.7. The molecule has 1 aromatic rings. The second-order valence-electron chi connectivity index (χ2n) is 5.16. The van der Waals surface area contributed by atoms with Gasteiger partial charge in [0.05, 0.1) is 13.2 Å². The summed E-state index contributed by atoms with van der Waals surface area (Å²) >= 11 is 0. The molecule has 126 valence electrons. The third-order valence-corrected chi connectivity index (χ3v) is 3.40. The summed E-state index contributed by atoms with van der Waals surface area (Å²) in [5.41, 5.74) is 5.87. The molecule has 1 aromatic heterocycles. The molecule has 0 unspecified atom stereocenters. The van der Waals surface area contributed by atoms with E-state index in [-0.39, 0.29) is 0 Å². The van der Waals surface area contributed by atoms with Gasteiger partial charge in [-0.05, 0) is 6.92 Å². The smallest absolute Gasteiger partial charge is 0.320 e. The minimum Gasteiger partial charge on any atom is -0.462 e. The zero-order chi connectivity index (χ0) is 16.5. The lowest BCUT2D eigenvalue weighted by Crippen LogP contribution is -2.38. The number of ether oxygens (including phenoxy) is 2. The van der Waals surface area contributed by atoms with Crippen LogP contribution in [-0.4, -0.2) is 60.9 Å². The molecule has 23 heavy (non-hydrogen) atoms. The molecule has 0 aliphatic carbocycles. The molecule has 2 heterocycles. The summed E-state index contributed by atoms with van der Waals surface area (Å²) in [4.78, 5) is 12.8. The molecule has 1 fully saturated rings. The van der Waals surface area contributed by atoms with Crippen LogP contribution >= 0.6 is 0 Å². The number of nitrogen functional groups attached to an aromatic ring is 1. The van der Waals surface area contributed by atoms with Crippen LogP contribution < -0.4 is 15.4 Å². The second-order valence-corrected chi connectivity index (χ2v) is 5.16. The Labute approximate surface area is 137 Å². The van der Waals surface area contributed by atoms with Gasteiger partial charge in [0.15, 0.2) is 0 Å². The first-order valence-electron chi connectivity index (χ1n) is 7.80. The first-order valence-corrected chi connectivity index (χ1v) is 7.80. The van der Waals surface area contributed by atoms with E-state index in [0.717, 1.165) is 32.8 Å². The summed E-state index contributed by atoms with van der Waals surface area (Å²) < 4.78 is 11.0. The van der Waals surface area contributed by atoms with Crippen LogP contribution in [0.3, 0.4) is 0 Å². The Hall–Kier alpha value is -2.12. The molecular formula is C16H25N5O2. The highest BCUT2D eigenvalue weighted by Gasteiger charge is 2.12. The van der Waals surface area contributed by atoms with E-state index < -0.39 is 0 Å². The van der Waals surface area contributed by atoms with E-state index in [2.05, 4.69) is 21.4 Å². The monoisotopic (exact) mass is 319 g/mol. The Morgan fingerprint density at radius 1 is 1.43 bits per heavy atom. The van der Waals surface area contributed by atoms with E-state index in [9.17, 15) is 0 Å². The molecule has 1 saturated heterocycles. The highest BCUT2D eigenvalue weighted by atomic mass is 16.5. The Balaban J connectivity index is 1.96. The zero-order valence-corrected chi connectivity index (χ0v) is 13.6. The van der Waals surface area contributed by atoms with E-state index in [4.69, 9.17) is 15.2 Å². The van der Waals surface area contributed by atoms with Crippen molar-refractivity contribution < 1.29 is 9.47 Å². The lowest BCUT2D eigenvalue weighted by atomic mass is 10.4. The highest BCUT2D eigenvalue weighted by Crippen LogP contribution is 2.18. The first kappa shape index (κ1) is 17.2. The number of rotatable bonds is 8. The fraction of sp³-hybridized carbons (Fsp3) is 0.500.